The Morgan fingerprint density at radius 1 is 0.327 bits per heavy atom. The summed E-state index contributed by atoms with van der Waals surface area (Å²) in [5.74, 6) is 0. The molecule has 0 aliphatic heterocycles. The van der Waals surface area contributed by atoms with Crippen LogP contribution in [0.1, 0.15) is 22.3 Å². The van der Waals surface area contributed by atoms with E-state index in [9.17, 15) is 0 Å². The van der Waals surface area contributed by atoms with Crippen molar-refractivity contribution in [2.24, 2.45) is 0 Å². The molecule has 0 atom stereocenters. The molecule has 2 nitrogen and oxygen atoms in total. The van der Waals surface area contributed by atoms with Gasteiger partial charge < -0.3 is 0 Å². The average Bonchev–Trinajstić information content (AvgIpc) is 3.75. The molecule has 12 rings (SSSR count). The van der Waals surface area contributed by atoms with E-state index in [1.807, 2.05) is 30.6 Å². The molecule has 2 aliphatic carbocycles. The van der Waals surface area contributed by atoms with Gasteiger partial charge in [-0.25, -0.2) is 0 Å². The van der Waals surface area contributed by atoms with Crippen LogP contribution in [0.2, 0.25) is 0 Å². The van der Waals surface area contributed by atoms with Crippen LogP contribution in [0.4, 0.5) is 0 Å². The van der Waals surface area contributed by atoms with Crippen LogP contribution in [0.25, 0.3) is 88.2 Å². The first-order chi connectivity index (χ1) is 27.3. The van der Waals surface area contributed by atoms with Gasteiger partial charge in [0, 0.05) is 11.1 Å². The van der Waals surface area contributed by atoms with E-state index in [0.29, 0.717) is 0 Å². The zero-order valence-corrected chi connectivity index (χ0v) is 29.9. The van der Waals surface area contributed by atoms with E-state index in [4.69, 9.17) is 9.97 Å². The average molecular weight is 697 g/mol. The van der Waals surface area contributed by atoms with Gasteiger partial charge in [-0.2, -0.15) is 0 Å². The highest BCUT2D eigenvalue weighted by Gasteiger charge is 2.53. The van der Waals surface area contributed by atoms with Crippen molar-refractivity contribution < 1.29 is 0 Å². The van der Waals surface area contributed by atoms with Crippen molar-refractivity contribution in [1.82, 2.24) is 9.97 Å². The lowest BCUT2D eigenvalue weighted by Crippen LogP contribution is -2.26. The van der Waals surface area contributed by atoms with Crippen molar-refractivity contribution in [2.75, 3.05) is 0 Å². The fraction of sp³-hybridized carbons (Fsp3) is 0.0189. The Morgan fingerprint density at radius 2 is 0.855 bits per heavy atom. The Hall–Kier alpha value is -7.16. The van der Waals surface area contributed by atoms with E-state index in [-0.39, 0.29) is 0 Å². The molecule has 0 N–H and O–H groups in total. The van der Waals surface area contributed by atoms with E-state index in [2.05, 4.69) is 164 Å². The lowest BCUT2D eigenvalue weighted by atomic mass is 9.68. The van der Waals surface area contributed by atoms with Crippen LogP contribution < -0.4 is 0 Å². The minimum atomic E-state index is -0.471. The molecule has 9 aromatic carbocycles. The largest absolute Gasteiger partial charge is 0.252 e. The van der Waals surface area contributed by atoms with Gasteiger partial charge >= 0.3 is 0 Å². The molecule has 1 heterocycles. The minimum absolute atomic E-state index is 0.471. The molecule has 0 unspecified atom stereocenters. The van der Waals surface area contributed by atoms with Crippen LogP contribution in [0.5, 0.6) is 0 Å². The maximum atomic E-state index is 4.76. The molecule has 0 fully saturated rings. The molecule has 55 heavy (non-hydrogen) atoms. The summed E-state index contributed by atoms with van der Waals surface area (Å²) in [6.07, 6.45) is 3.73. The third-order valence-electron chi connectivity index (χ3n) is 12.2. The van der Waals surface area contributed by atoms with Gasteiger partial charge in [0.05, 0.1) is 29.2 Å². The molecule has 254 valence electrons. The number of fused-ring (bicyclic) bond motifs is 17. The van der Waals surface area contributed by atoms with Crippen LogP contribution in [0.15, 0.2) is 194 Å². The number of nitrogens with zero attached hydrogens (tertiary/aromatic N) is 2. The quantitative estimate of drug-likeness (QED) is 0.172. The zero-order valence-electron chi connectivity index (χ0n) is 29.9. The Balaban J connectivity index is 1.06. The van der Waals surface area contributed by atoms with Gasteiger partial charge in [-0.15, -0.1) is 0 Å². The molecule has 10 aromatic rings. The smallest absolute Gasteiger partial charge is 0.0885 e. The number of benzene rings is 9. The van der Waals surface area contributed by atoms with E-state index in [1.165, 1.54) is 88.0 Å². The SMILES string of the molecule is c1ccc(-c2cnc(-c3ccc(-c4ccc5c6c(ccc5c4)-c4c(c5ccccc5c5ccccc45)C64c5ccccc5-c5ccccc54)cc3)cn2)cc1. The number of hydrogen-bond acceptors (Lipinski definition) is 2. The van der Waals surface area contributed by atoms with Crippen LogP contribution in [-0.4, -0.2) is 9.97 Å². The summed E-state index contributed by atoms with van der Waals surface area (Å²) in [5.41, 5.74) is 16.6. The molecule has 0 saturated carbocycles. The van der Waals surface area contributed by atoms with Crippen molar-refractivity contribution in [1.29, 1.82) is 0 Å². The minimum Gasteiger partial charge on any atom is -0.252 e. The molecular weight excluding hydrogens is 665 g/mol. The van der Waals surface area contributed by atoms with Crippen LogP contribution in [0.3, 0.4) is 0 Å². The first kappa shape index (κ1) is 30.3. The Bertz CT molecular complexity index is 3130. The standard InChI is InChI=1S/C53H32N2/c1-2-12-34(13-3-1)48-31-55-49(32-54-48)35-24-22-33(23-25-35)36-26-28-38-37(30-36)27-29-45-50-43-18-6-4-14-39(43)40-15-5-7-19-44(40)52(50)53(51(38)45)46-20-10-8-16-41(46)42-17-9-11-21-47(42)53/h1-32H. The lowest BCUT2D eigenvalue weighted by molar-refractivity contribution is 0.809. The molecule has 2 heteroatoms. The van der Waals surface area contributed by atoms with E-state index in [0.717, 1.165) is 22.5 Å². The van der Waals surface area contributed by atoms with Crippen molar-refractivity contribution >= 4 is 32.3 Å². The van der Waals surface area contributed by atoms with Gasteiger partial charge in [-0.3, -0.25) is 9.97 Å². The highest BCUT2D eigenvalue weighted by Crippen LogP contribution is 2.66. The fourth-order valence-electron chi connectivity index (χ4n) is 9.90. The number of aromatic nitrogens is 2. The predicted octanol–water partition coefficient (Wildman–Crippen LogP) is 13.3. The van der Waals surface area contributed by atoms with Gasteiger partial charge in [0.2, 0.25) is 0 Å². The highest BCUT2D eigenvalue weighted by molar-refractivity contribution is 6.21. The van der Waals surface area contributed by atoms with Crippen LogP contribution >= 0.6 is 0 Å². The summed E-state index contributed by atoms with van der Waals surface area (Å²) in [6, 6.07) is 67.0. The van der Waals surface area contributed by atoms with E-state index >= 15 is 0 Å². The molecular formula is C53H32N2. The molecule has 0 saturated heterocycles. The van der Waals surface area contributed by atoms with Crippen LogP contribution in [0, 0.1) is 0 Å². The van der Waals surface area contributed by atoms with E-state index in [1.54, 1.807) is 0 Å². The molecule has 0 radical (unpaired) electrons. The molecule has 1 spiro atoms. The third kappa shape index (κ3) is 4.14. The van der Waals surface area contributed by atoms with Gasteiger partial charge in [-0.1, -0.05) is 176 Å². The molecule has 2 aliphatic rings. The van der Waals surface area contributed by atoms with Crippen molar-refractivity contribution in [2.45, 2.75) is 5.41 Å². The second kappa shape index (κ2) is 11.4. The number of rotatable bonds is 3. The maximum Gasteiger partial charge on any atom is 0.0885 e. The van der Waals surface area contributed by atoms with Crippen molar-refractivity contribution in [3.05, 3.63) is 217 Å². The predicted molar refractivity (Wildman–Crippen MR) is 227 cm³/mol. The Labute approximate surface area is 319 Å². The molecule has 1 aromatic heterocycles. The highest BCUT2D eigenvalue weighted by atomic mass is 14.8. The maximum absolute atomic E-state index is 4.76. The molecule has 0 bridgehead atoms. The van der Waals surface area contributed by atoms with Gasteiger partial charge in [0.1, 0.15) is 0 Å². The Kier molecular flexibility index (Phi) is 6.29. The topological polar surface area (TPSA) is 25.8 Å². The first-order valence-electron chi connectivity index (χ1n) is 19.0. The summed E-state index contributed by atoms with van der Waals surface area (Å²) in [4.78, 5) is 9.47. The number of hydrogen-bond donors (Lipinski definition) is 0. The Morgan fingerprint density at radius 3 is 1.53 bits per heavy atom. The first-order valence-corrected chi connectivity index (χ1v) is 19.0. The lowest BCUT2D eigenvalue weighted by Gasteiger charge is -2.32. The van der Waals surface area contributed by atoms with Gasteiger partial charge in [-0.05, 0) is 94.0 Å². The third-order valence-corrected chi connectivity index (χ3v) is 12.2. The summed E-state index contributed by atoms with van der Waals surface area (Å²) in [7, 11) is 0. The van der Waals surface area contributed by atoms with Crippen LogP contribution in [-0.2, 0) is 5.41 Å². The van der Waals surface area contributed by atoms with E-state index < -0.39 is 5.41 Å². The monoisotopic (exact) mass is 696 g/mol. The second-order valence-corrected chi connectivity index (χ2v) is 14.8. The summed E-state index contributed by atoms with van der Waals surface area (Å²) >= 11 is 0. The zero-order chi connectivity index (χ0) is 36.1. The second-order valence-electron chi connectivity index (χ2n) is 14.8. The fourth-order valence-corrected chi connectivity index (χ4v) is 9.90. The summed E-state index contributed by atoms with van der Waals surface area (Å²) in [5, 5.41) is 7.78. The summed E-state index contributed by atoms with van der Waals surface area (Å²) < 4.78 is 0. The van der Waals surface area contributed by atoms with Gasteiger partial charge in [0.25, 0.3) is 0 Å². The normalized spacial score (nSPS) is 13.2. The summed E-state index contributed by atoms with van der Waals surface area (Å²) in [6.45, 7) is 0. The van der Waals surface area contributed by atoms with Crippen molar-refractivity contribution in [3.63, 3.8) is 0 Å². The van der Waals surface area contributed by atoms with Gasteiger partial charge in [0.15, 0.2) is 0 Å². The van der Waals surface area contributed by atoms with Crippen molar-refractivity contribution in [3.8, 4) is 55.9 Å². The molecule has 0 amide bonds.